The molecule has 1 atom stereocenters. The van der Waals surface area contributed by atoms with Crippen molar-refractivity contribution in [3.63, 3.8) is 0 Å². The maximum atomic E-state index is 11.5. The number of carbonyl (C=O) groups excluding carboxylic acids is 3. The second-order valence-corrected chi connectivity index (χ2v) is 4.07. The van der Waals surface area contributed by atoms with Crippen LogP contribution in [0.2, 0.25) is 0 Å². The molecule has 0 saturated heterocycles. The number of rotatable bonds is 4. The lowest BCUT2D eigenvalue weighted by Crippen LogP contribution is -2.42. The number of hydrogen-bond acceptors (Lipinski definition) is 5. The molecule has 3 N–H and O–H groups in total. The first-order chi connectivity index (χ1) is 9.43. The van der Waals surface area contributed by atoms with Gasteiger partial charge in [0.1, 0.15) is 0 Å². The molecule has 0 aliphatic rings. The predicted octanol–water partition coefficient (Wildman–Crippen LogP) is -0.416. The van der Waals surface area contributed by atoms with Crippen LogP contribution in [0.15, 0.2) is 24.3 Å². The van der Waals surface area contributed by atoms with Gasteiger partial charge < -0.3 is 20.5 Å². The van der Waals surface area contributed by atoms with E-state index in [1.54, 1.807) is 24.3 Å². The highest BCUT2D eigenvalue weighted by Crippen LogP contribution is 2.08. The number of carbonyl (C=O) groups is 3. The summed E-state index contributed by atoms with van der Waals surface area (Å²) >= 11 is 0. The van der Waals surface area contributed by atoms with Gasteiger partial charge in [-0.2, -0.15) is 0 Å². The molecular weight excluding hydrogens is 264 g/mol. The lowest BCUT2D eigenvalue weighted by atomic mass is 10.2. The molecule has 1 rings (SSSR count). The van der Waals surface area contributed by atoms with Crippen molar-refractivity contribution < 1.29 is 24.2 Å². The van der Waals surface area contributed by atoms with Crippen molar-refractivity contribution in [1.82, 2.24) is 5.32 Å². The Morgan fingerprint density at radius 1 is 1.20 bits per heavy atom. The molecule has 0 heterocycles. The highest BCUT2D eigenvalue weighted by molar-refractivity contribution is 6.39. The SMILES string of the molecule is COC(=O)C(O)CNC(=O)C(=O)Nc1ccc(C)cc1. The number of methoxy groups -OCH3 is 1. The van der Waals surface area contributed by atoms with Crippen LogP contribution in [0.4, 0.5) is 5.69 Å². The third-order valence-electron chi connectivity index (χ3n) is 2.44. The highest BCUT2D eigenvalue weighted by atomic mass is 16.5. The minimum absolute atomic E-state index is 0.396. The zero-order valence-corrected chi connectivity index (χ0v) is 11.2. The molecule has 108 valence electrons. The fourth-order valence-corrected chi connectivity index (χ4v) is 1.31. The lowest BCUT2D eigenvalue weighted by molar-refractivity contribution is -0.150. The normalized spacial score (nSPS) is 11.3. The molecular formula is C13H16N2O5. The first-order valence-corrected chi connectivity index (χ1v) is 5.85. The van der Waals surface area contributed by atoms with Gasteiger partial charge in [0.2, 0.25) is 0 Å². The van der Waals surface area contributed by atoms with Crippen molar-refractivity contribution >= 4 is 23.5 Å². The number of ether oxygens (including phenoxy) is 1. The number of aliphatic hydroxyl groups is 1. The number of benzene rings is 1. The molecule has 0 spiro atoms. The minimum Gasteiger partial charge on any atom is -0.467 e. The number of anilines is 1. The Kier molecular flexibility index (Phi) is 5.67. The Balaban J connectivity index is 2.45. The maximum Gasteiger partial charge on any atom is 0.336 e. The van der Waals surface area contributed by atoms with Gasteiger partial charge >= 0.3 is 17.8 Å². The first-order valence-electron chi connectivity index (χ1n) is 5.85. The van der Waals surface area contributed by atoms with Crippen LogP contribution in [0.25, 0.3) is 0 Å². The summed E-state index contributed by atoms with van der Waals surface area (Å²) in [6.07, 6.45) is -1.50. The Hall–Kier alpha value is -2.41. The standard InChI is InChI=1S/C13H16N2O5/c1-8-3-5-9(6-4-8)15-12(18)11(17)14-7-10(16)13(19)20-2/h3-6,10,16H,7H2,1-2H3,(H,14,17)(H,15,18). The number of hydrogen-bond donors (Lipinski definition) is 3. The molecule has 20 heavy (non-hydrogen) atoms. The van der Waals surface area contributed by atoms with E-state index in [9.17, 15) is 19.5 Å². The fourth-order valence-electron chi connectivity index (χ4n) is 1.31. The van der Waals surface area contributed by atoms with E-state index in [4.69, 9.17) is 0 Å². The lowest BCUT2D eigenvalue weighted by Gasteiger charge is -2.10. The maximum absolute atomic E-state index is 11.5. The van der Waals surface area contributed by atoms with Crippen LogP contribution < -0.4 is 10.6 Å². The van der Waals surface area contributed by atoms with Gasteiger partial charge in [-0.1, -0.05) is 17.7 Å². The van der Waals surface area contributed by atoms with Gasteiger partial charge in [-0.15, -0.1) is 0 Å². The van der Waals surface area contributed by atoms with Crippen LogP contribution in [0.1, 0.15) is 5.56 Å². The summed E-state index contributed by atoms with van der Waals surface area (Å²) in [7, 11) is 1.11. The van der Waals surface area contributed by atoms with Crippen LogP contribution in [-0.2, 0) is 19.1 Å². The van der Waals surface area contributed by atoms with E-state index >= 15 is 0 Å². The Labute approximate surface area is 115 Å². The predicted molar refractivity (Wildman–Crippen MR) is 70.8 cm³/mol. The van der Waals surface area contributed by atoms with Gasteiger partial charge in [0, 0.05) is 5.69 Å². The number of aryl methyl sites for hydroxylation is 1. The van der Waals surface area contributed by atoms with E-state index in [0.717, 1.165) is 12.7 Å². The molecule has 0 radical (unpaired) electrons. The van der Waals surface area contributed by atoms with Gasteiger partial charge in [0.05, 0.1) is 13.7 Å². The second-order valence-electron chi connectivity index (χ2n) is 4.07. The first kappa shape index (κ1) is 15.6. The van der Waals surface area contributed by atoms with Gasteiger partial charge in [0.15, 0.2) is 6.10 Å². The van der Waals surface area contributed by atoms with E-state index in [1.807, 2.05) is 6.92 Å². The third kappa shape index (κ3) is 4.69. The number of esters is 1. The molecule has 7 nitrogen and oxygen atoms in total. The molecule has 1 aromatic rings. The zero-order chi connectivity index (χ0) is 15.1. The van der Waals surface area contributed by atoms with Crippen molar-refractivity contribution in [3.05, 3.63) is 29.8 Å². The quantitative estimate of drug-likeness (QED) is 0.513. The van der Waals surface area contributed by atoms with Gasteiger partial charge in [0.25, 0.3) is 0 Å². The summed E-state index contributed by atoms with van der Waals surface area (Å²) in [6, 6.07) is 6.89. The van der Waals surface area contributed by atoms with Crippen LogP contribution >= 0.6 is 0 Å². The molecule has 0 fully saturated rings. The topological polar surface area (TPSA) is 105 Å². The zero-order valence-electron chi connectivity index (χ0n) is 11.2. The number of nitrogens with one attached hydrogen (secondary N) is 2. The Bertz CT molecular complexity index is 498. The largest absolute Gasteiger partial charge is 0.467 e. The molecule has 7 heteroatoms. The van der Waals surface area contributed by atoms with Crippen LogP contribution in [-0.4, -0.2) is 42.6 Å². The third-order valence-corrected chi connectivity index (χ3v) is 2.44. The van der Waals surface area contributed by atoms with Crippen molar-refractivity contribution in [2.45, 2.75) is 13.0 Å². The summed E-state index contributed by atoms with van der Waals surface area (Å²) in [5.41, 5.74) is 1.50. The molecule has 0 saturated carbocycles. The molecule has 2 amide bonds. The van der Waals surface area contributed by atoms with Crippen LogP contribution in [0.5, 0.6) is 0 Å². The average Bonchev–Trinajstić information content (AvgIpc) is 2.45. The Morgan fingerprint density at radius 2 is 1.80 bits per heavy atom. The molecule has 1 unspecified atom stereocenters. The molecule has 0 bridgehead atoms. The summed E-state index contributed by atoms with van der Waals surface area (Å²) in [4.78, 5) is 33.9. The van der Waals surface area contributed by atoms with E-state index < -0.39 is 30.4 Å². The molecule has 0 aliphatic heterocycles. The van der Waals surface area contributed by atoms with Crippen molar-refractivity contribution in [2.75, 3.05) is 19.0 Å². The van der Waals surface area contributed by atoms with Crippen LogP contribution in [0.3, 0.4) is 0 Å². The number of aliphatic hydroxyl groups excluding tert-OH is 1. The van der Waals surface area contributed by atoms with Gasteiger partial charge in [-0.3, -0.25) is 9.59 Å². The van der Waals surface area contributed by atoms with Crippen molar-refractivity contribution in [2.24, 2.45) is 0 Å². The highest BCUT2D eigenvalue weighted by Gasteiger charge is 2.19. The van der Waals surface area contributed by atoms with Gasteiger partial charge in [-0.05, 0) is 19.1 Å². The van der Waals surface area contributed by atoms with E-state index in [2.05, 4.69) is 15.4 Å². The number of amides is 2. The van der Waals surface area contributed by atoms with Crippen molar-refractivity contribution in [3.8, 4) is 0 Å². The molecule has 0 aliphatic carbocycles. The van der Waals surface area contributed by atoms with Crippen molar-refractivity contribution in [1.29, 1.82) is 0 Å². The van der Waals surface area contributed by atoms with E-state index in [0.29, 0.717) is 5.69 Å². The molecule has 1 aromatic carbocycles. The van der Waals surface area contributed by atoms with Crippen LogP contribution in [0, 0.1) is 6.92 Å². The summed E-state index contributed by atoms with van der Waals surface area (Å²) in [6.45, 7) is 1.50. The van der Waals surface area contributed by atoms with E-state index in [-0.39, 0.29) is 0 Å². The Morgan fingerprint density at radius 3 is 2.35 bits per heavy atom. The summed E-state index contributed by atoms with van der Waals surface area (Å²) < 4.78 is 4.27. The van der Waals surface area contributed by atoms with E-state index in [1.165, 1.54) is 0 Å². The van der Waals surface area contributed by atoms with Gasteiger partial charge in [-0.25, -0.2) is 4.79 Å². The summed E-state index contributed by atoms with van der Waals surface area (Å²) in [5, 5.41) is 13.8. The fraction of sp³-hybridized carbons (Fsp3) is 0.308. The monoisotopic (exact) mass is 280 g/mol. The second kappa shape index (κ2) is 7.25. The molecule has 0 aromatic heterocycles. The summed E-state index contributed by atoms with van der Waals surface area (Å²) in [5.74, 6) is -2.72. The minimum atomic E-state index is -1.50. The average molecular weight is 280 g/mol. The smallest absolute Gasteiger partial charge is 0.336 e.